The van der Waals surface area contributed by atoms with E-state index in [1.54, 1.807) is 6.07 Å². The summed E-state index contributed by atoms with van der Waals surface area (Å²) in [6.07, 6.45) is 7.72. The lowest BCUT2D eigenvalue weighted by molar-refractivity contribution is -0.115. The first-order valence-corrected chi connectivity index (χ1v) is 7.39. The third-order valence-electron chi connectivity index (χ3n) is 3.14. The summed E-state index contributed by atoms with van der Waals surface area (Å²) in [4.78, 5) is 22.4. The number of phenolic OH excluding ortho intramolecular Hbond substituents is 1. The van der Waals surface area contributed by atoms with Gasteiger partial charge in [-0.2, -0.15) is 0 Å². The first-order chi connectivity index (χ1) is 10.4. The van der Waals surface area contributed by atoms with Crippen molar-refractivity contribution in [3.63, 3.8) is 0 Å². The monoisotopic (exact) mass is 301 g/mol. The Balaban J connectivity index is 2.59. The van der Waals surface area contributed by atoms with Crippen molar-refractivity contribution >= 4 is 17.4 Å². The second-order valence-corrected chi connectivity index (χ2v) is 5.16. The number of Topliss-reactive ketones (excluding diaryl/α,β-unsaturated/α-hetero) is 1. The minimum atomic E-state index is -0.169. The van der Waals surface area contributed by atoms with Gasteiger partial charge in [0, 0.05) is 25.1 Å². The third-order valence-corrected chi connectivity index (χ3v) is 3.14. The fraction of sp³-hybridized carbons (Fsp3) is 0.333. The van der Waals surface area contributed by atoms with Crippen LogP contribution in [0, 0.1) is 0 Å². The van der Waals surface area contributed by atoms with Gasteiger partial charge in [-0.15, -0.1) is 0 Å². The lowest BCUT2D eigenvalue weighted by Crippen LogP contribution is -2.05. The quantitative estimate of drug-likeness (QED) is 0.595. The minimum Gasteiger partial charge on any atom is -0.508 e. The van der Waals surface area contributed by atoms with Crippen molar-refractivity contribution in [2.45, 2.75) is 40.0 Å². The van der Waals surface area contributed by atoms with Crippen LogP contribution in [0.25, 0.3) is 0 Å². The number of carbonyl (C=O) groups is 2. The number of anilines is 1. The fourth-order valence-corrected chi connectivity index (χ4v) is 2.02. The number of amides is 1. The lowest BCUT2D eigenvalue weighted by atomic mass is 10.1. The van der Waals surface area contributed by atoms with Gasteiger partial charge in [0.2, 0.25) is 5.91 Å². The number of ketones is 1. The fourth-order valence-electron chi connectivity index (χ4n) is 2.02. The van der Waals surface area contributed by atoms with E-state index in [1.807, 2.05) is 38.1 Å². The van der Waals surface area contributed by atoms with E-state index in [-0.39, 0.29) is 17.4 Å². The predicted molar refractivity (Wildman–Crippen MR) is 88.9 cm³/mol. The summed E-state index contributed by atoms with van der Waals surface area (Å²) in [5.41, 5.74) is 2.29. The molecule has 0 saturated carbocycles. The van der Waals surface area contributed by atoms with Crippen molar-refractivity contribution in [3.8, 4) is 5.75 Å². The largest absolute Gasteiger partial charge is 0.508 e. The molecule has 0 aromatic heterocycles. The zero-order valence-electron chi connectivity index (χ0n) is 13.3. The molecule has 0 aliphatic carbocycles. The van der Waals surface area contributed by atoms with Crippen LogP contribution in [-0.4, -0.2) is 16.8 Å². The van der Waals surface area contributed by atoms with E-state index >= 15 is 0 Å². The average Bonchev–Trinajstić information content (AvgIpc) is 2.44. The van der Waals surface area contributed by atoms with Crippen LogP contribution in [0.2, 0.25) is 0 Å². The maximum atomic E-state index is 11.4. The zero-order chi connectivity index (χ0) is 16.5. The van der Waals surface area contributed by atoms with Gasteiger partial charge >= 0.3 is 0 Å². The zero-order valence-corrected chi connectivity index (χ0v) is 13.3. The maximum Gasteiger partial charge on any atom is 0.221 e. The number of allylic oxidation sites excluding steroid dienone is 4. The van der Waals surface area contributed by atoms with Gasteiger partial charge in [0.25, 0.3) is 0 Å². The Morgan fingerprint density at radius 1 is 1.23 bits per heavy atom. The number of phenols is 1. The molecule has 4 nitrogen and oxygen atoms in total. The van der Waals surface area contributed by atoms with Gasteiger partial charge in [0.1, 0.15) is 5.75 Å². The topological polar surface area (TPSA) is 66.4 Å². The highest BCUT2D eigenvalue weighted by molar-refractivity contribution is 5.94. The Hall–Kier alpha value is -2.36. The summed E-state index contributed by atoms with van der Waals surface area (Å²) in [7, 11) is 0. The summed E-state index contributed by atoms with van der Waals surface area (Å²) in [5, 5.41) is 12.3. The van der Waals surface area contributed by atoms with E-state index in [0.29, 0.717) is 12.1 Å². The molecule has 0 aliphatic rings. The van der Waals surface area contributed by atoms with E-state index in [2.05, 4.69) is 5.32 Å². The number of hydrogen-bond acceptors (Lipinski definition) is 3. The summed E-state index contributed by atoms with van der Waals surface area (Å²) in [6, 6.07) is 5.04. The Kier molecular flexibility index (Phi) is 7.09. The molecule has 0 saturated heterocycles. The summed E-state index contributed by atoms with van der Waals surface area (Å²) < 4.78 is 0. The highest BCUT2D eigenvalue weighted by atomic mass is 16.3. The molecule has 1 aromatic carbocycles. The predicted octanol–water partition coefficient (Wildman–Crippen LogP) is 3.76. The van der Waals surface area contributed by atoms with Gasteiger partial charge in [0.15, 0.2) is 5.78 Å². The molecule has 0 spiro atoms. The minimum absolute atomic E-state index is 0.134. The molecule has 2 N–H and O–H groups in total. The van der Waals surface area contributed by atoms with Gasteiger partial charge in [-0.25, -0.2) is 0 Å². The molecule has 1 aromatic rings. The molecule has 0 atom stereocenters. The van der Waals surface area contributed by atoms with Crippen LogP contribution in [-0.2, 0) is 16.0 Å². The molecule has 0 bridgehead atoms. The van der Waals surface area contributed by atoms with Crippen LogP contribution < -0.4 is 5.32 Å². The first-order valence-electron chi connectivity index (χ1n) is 7.39. The Morgan fingerprint density at radius 3 is 2.59 bits per heavy atom. The van der Waals surface area contributed by atoms with Crippen LogP contribution in [0.5, 0.6) is 5.75 Å². The van der Waals surface area contributed by atoms with Crippen LogP contribution in [0.1, 0.15) is 39.2 Å². The van der Waals surface area contributed by atoms with E-state index < -0.39 is 0 Å². The van der Waals surface area contributed by atoms with Crippen LogP contribution in [0.15, 0.2) is 42.0 Å². The molecule has 4 heteroatoms. The molecular weight excluding hydrogens is 278 g/mol. The Bertz CT molecular complexity index is 600. The van der Waals surface area contributed by atoms with Crippen LogP contribution in [0.4, 0.5) is 5.69 Å². The van der Waals surface area contributed by atoms with Crippen molar-refractivity contribution in [1.29, 1.82) is 0 Å². The number of hydrogen-bond donors (Lipinski definition) is 2. The van der Waals surface area contributed by atoms with Crippen molar-refractivity contribution in [2.75, 3.05) is 5.32 Å². The standard InChI is InChI=1S/C18H23NO3/c1-4-18(22)13(2)8-6-5-7-9-15-10-16(19-14(3)20)12-17(21)11-15/h5-6,8,10-12,21H,4,7,9H2,1-3H3,(H,19,20)/b6-5+,13-8+. The molecule has 0 fully saturated rings. The number of aromatic hydroxyl groups is 1. The van der Waals surface area contributed by atoms with Gasteiger partial charge in [0.05, 0.1) is 0 Å². The molecule has 1 rings (SSSR count). The summed E-state index contributed by atoms with van der Waals surface area (Å²) in [6.45, 7) is 5.09. The Morgan fingerprint density at radius 2 is 1.95 bits per heavy atom. The SMILES string of the molecule is CCC(=O)/C(C)=C/C=C/CCc1cc(O)cc(NC(C)=O)c1. The van der Waals surface area contributed by atoms with Gasteiger partial charge in [-0.1, -0.05) is 25.2 Å². The molecule has 1 amide bonds. The number of carbonyl (C=O) groups excluding carboxylic acids is 2. The molecular formula is C18H23NO3. The lowest BCUT2D eigenvalue weighted by Gasteiger charge is -2.06. The molecule has 0 aliphatic heterocycles. The number of nitrogens with one attached hydrogen (secondary N) is 1. The second-order valence-electron chi connectivity index (χ2n) is 5.16. The Labute approximate surface area is 131 Å². The third kappa shape index (κ3) is 6.39. The molecule has 0 unspecified atom stereocenters. The van der Waals surface area contributed by atoms with Gasteiger partial charge in [-0.3, -0.25) is 9.59 Å². The smallest absolute Gasteiger partial charge is 0.221 e. The maximum absolute atomic E-state index is 11.4. The van der Waals surface area contributed by atoms with Gasteiger partial charge < -0.3 is 10.4 Å². The molecule has 0 radical (unpaired) electrons. The van der Waals surface area contributed by atoms with Crippen molar-refractivity contribution in [3.05, 3.63) is 47.6 Å². The first kappa shape index (κ1) is 17.7. The number of benzene rings is 1. The van der Waals surface area contributed by atoms with Crippen LogP contribution in [0.3, 0.4) is 0 Å². The summed E-state index contributed by atoms with van der Waals surface area (Å²) >= 11 is 0. The normalized spacial score (nSPS) is 11.7. The highest BCUT2D eigenvalue weighted by Crippen LogP contribution is 2.21. The van der Waals surface area contributed by atoms with Crippen LogP contribution >= 0.6 is 0 Å². The average molecular weight is 301 g/mol. The van der Waals surface area contributed by atoms with E-state index in [4.69, 9.17) is 0 Å². The summed E-state index contributed by atoms with van der Waals surface area (Å²) in [5.74, 6) is 0.116. The van der Waals surface area contributed by atoms with E-state index in [1.165, 1.54) is 13.0 Å². The number of rotatable bonds is 7. The van der Waals surface area contributed by atoms with Crippen molar-refractivity contribution < 1.29 is 14.7 Å². The highest BCUT2D eigenvalue weighted by Gasteiger charge is 2.01. The second kappa shape index (κ2) is 8.82. The molecule has 118 valence electrons. The van der Waals surface area contributed by atoms with Gasteiger partial charge in [-0.05, 0) is 43.0 Å². The van der Waals surface area contributed by atoms with E-state index in [0.717, 1.165) is 24.0 Å². The van der Waals surface area contributed by atoms with Crippen molar-refractivity contribution in [1.82, 2.24) is 0 Å². The molecule has 0 heterocycles. The van der Waals surface area contributed by atoms with E-state index in [9.17, 15) is 14.7 Å². The van der Waals surface area contributed by atoms with Crippen molar-refractivity contribution in [2.24, 2.45) is 0 Å². The molecule has 22 heavy (non-hydrogen) atoms. The number of aryl methyl sites for hydroxylation is 1.